The number of pyridine rings is 1. The molecule has 8 heteroatoms. The Morgan fingerprint density at radius 2 is 2.38 bits per heavy atom. The molecule has 0 atom stereocenters. The summed E-state index contributed by atoms with van der Waals surface area (Å²) in [6, 6.07) is 1.37. The number of carbonyl (C=O) groups is 1. The van der Waals surface area contributed by atoms with Gasteiger partial charge in [-0.1, -0.05) is 11.3 Å². The minimum Gasteiger partial charge on any atom is -0.478 e. The normalized spacial score (nSPS) is 10.2. The smallest absolute Gasteiger partial charge is 0.338 e. The van der Waals surface area contributed by atoms with Crippen molar-refractivity contribution in [1.82, 2.24) is 15.2 Å². The number of rotatable bonds is 3. The lowest BCUT2D eigenvalue weighted by atomic mass is 10.3. The number of aromatic nitrogens is 3. The Bertz CT molecular complexity index is 515. The van der Waals surface area contributed by atoms with E-state index in [2.05, 4.69) is 15.2 Å². The predicted octanol–water partition coefficient (Wildman–Crippen LogP) is 1.36. The van der Waals surface area contributed by atoms with Crippen LogP contribution in [0.5, 0.6) is 0 Å². The summed E-state index contributed by atoms with van der Waals surface area (Å²) >= 11 is 2.47. The van der Waals surface area contributed by atoms with Gasteiger partial charge in [0.25, 0.3) is 0 Å². The number of nitrogen functional groups attached to an aromatic ring is 1. The molecule has 0 aliphatic carbocycles. The summed E-state index contributed by atoms with van der Waals surface area (Å²) in [5, 5.41) is 16.8. The van der Waals surface area contributed by atoms with Gasteiger partial charge >= 0.3 is 5.97 Å². The van der Waals surface area contributed by atoms with E-state index in [1.807, 2.05) is 0 Å². The zero-order valence-electron chi connectivity index (χ0n) is 7.82. The summed E-state index contributed by atoms with van der Waals surface area (Å²) in [7, 11) is 0. The molecule has 0 aromatic carbocycles. The maximum absolute atomic E-state index is 11.0. The van der Waals surface area contributed by atoms with Crippen LogP contribution < -0.4 is 5.73 Å². The van der Waals surface area contributed by atoms with Gasteiger partial charge in [0.15, 0.2) is 4.34 Å². The summed E-state index contributed by atoms with van der Waals surface area (Å²) < 4.78 is 0.639. The van der Waals surface area contributed by atoms with E-state index in [4.69, 9.17) is 10.8 Å². The fourth-order valence-corrected chi connectivity index (χ4v) is 2.45. The average molecular weight is 254 g/mol. The van der Waals surface area contributed by atoms with Gasteiger partial charge in [-0.3, -0.25) is 0 Å². The first-order valence-corrected chi connectivity index (χ1v) is 5.79. The van der Waals surface area contributed by atoms with Gasteiger partial charge in [0.05, 0.1) is 17.4 Å². The Labute approximate surface area is 98.5 Å². The van der Waals surface area contributed by atoms with Crippen molar-refractivity contribution < 1.29 is 9.90 Å². The fourth-order valence-electron chi connectivity index (χ4n) is 0.993. The van der Waals surface area contributed by atoms with Crippen LogP contribution in [0, 0.1) is 0 Å². The van der Waals surface area contributed by atoms with Crippen molar-refractivity contribution >= 4 is 34.8 Å². The minimum absolute atomic E-state index is 0.0696. The molecule has 0 radical (unpaired) electrons. The molecule has 2 rings (SSSR count). The second-order valence-electron chi connectivity index (χ2n) is 2.73. The molecule has 0 fully saturated rings. The van der Waals surface area contributed by atoms with E-state index in [1.54, 1.807) is 5.51 Å². The van der Waals surface area contributed by atoms with Crippen LogP contribution in [0.3, 0.4) is 0 Å². The molecule has 3 N–H and O–H groups in total. The monoisotopic (exact) mass is 254 g/mol. The molecule has 2 heterocycles. The van der Waals surface area contributed by atoms with Gasteiger partial charge in [0.1, 0.15) is 10.5 Å². The Kier molecular flexibility index (Phi) is 3.02. The highest BCUT2D eigenvalue weighted by atomic mass is 32.2. The Balaban J connectivity index is 2.36. The molecule has 0 unspecified atom stereocenters. The SMILES string of the molecule is Nc1cnc(Sc2nncs2)c(C(=O)O)c1. The lowest BCUT2D eigenvalue weighted by molar-refractivity contribution is 0.0692. The Hall–Kier alpha value is -1.67. The molecule has 0 saturated heterocycles. The predicted molar refractivity (Wildman–Crippen MR) is 59.6 cm³/mol. The number of anilines is 1. The summed E-state index contributed by atoms with van der Waals surface area (Å²) in [6.07, 6.45) is 1.41. The molecule has 82 valence electrons. The Morgan fingerprint density at radius 1 is 1.56 bits per heavy atom. The number of hydrogen-bond acceptors (Lipinski definition) is 7. The highest BCUT2D eigenvalue weighted by Gasteiger charge is 2.14. The molecule has 2 aromatic heterocycles. The zero-order valence-corrected chi connectivity index (χ0v) is 9.46. The maximum atomic E-state index is 11.0. The molecule has 0 amide bonds. The molecule has 6 nitrogen and oxygen atoms in total. The van der Waals surface area contributed by atoms with Crippen molar-refractivity contribution in [1.29, 1.82) is 0 Å². The van der Waals surface area contributed by atoms with Crippen molar-refractivity contribution in [3.8, 4) is 0 Å². The topological polar surface area (TPSA) is 102 Å². The van der Waals surface area contributed by atoms with Crippen molar-refractivity contribution in [2.75, 3.05) is 5.73 Å². The number of carboxylic acid groups (broad SMARTS) is 1. The third kappa shape index (κ3) is 2.28. The van der Waals surface area contributed by atoms with Gasteiger partial charge in [0, 0.05) is 0 Å². The van der Waals surface area contributed by atoms with Crippen LogP contribution in [-0.4, -0.2) is 26.3 Å². The van der Waals surface area contributed by atoms with Crippen LogP contribution in [0.4, 0.5) is 5.69 Å². The molecular formula is C8H6N4O2S2. The maximum Gasteiger partial charge on any atom is 0.338 e. The summed E-state index contributed by atoms with van der Waals surface area (Å²) in [5.74, 6) is -1.06. The lowest BCUT2D eigenvalue weighted by Gasteiger charge is -2.02. The second-order valence-corrected chi connectivity index (χ2v) is 4.80. The van der Waals surface area contributed by atoms with Crippen LogP contribution in [0.2, 0.25) is 0 Å². The van der Waals surface area contributed by atoms with E-state index in [-0.39, 0.29) is 5.56 Å². The van der Waals surface area contributed by atoms with Gasteiger partial charge in [-0.15, -0.1) is 10.2 Å². The van der Waals surface area contributed by atoms with E-state index in [1.165, 1.54) is 23.6 Å². The van der Waals surface area contributed by atoms with Crippen LogP contribution in [0.15, 0.2) is 27.1 Å². The molecule has 0 spiro atoms. The van der Waals surface area contributed by atoms with Crippen LogP contribution in [0.1, 0.15) is 10.4 Å². The van der Waals surface area contributed by atoms with E-state index >= 15 is 0 Å². The molecule has 0 aliphatic rings. The molecule has 0 saturated carbocycles. The number of nitrogens with two attached hydrogens (primary N) is 1. The van der Waals surface area contributed by atoms with Gasteiger partial charge in [-0.05, 0) is 17.8 Å². The number of nitrogens with zero attached hydrogens (tertiary/aromatic N) is 3. The van der Waals surface area contributed by atoms with Crippen LogP contribution in [-0.2, 0) is 0 Å². The van der Waals surface area contributed by atoms with Gasteiger partial charge in [0.2, 0.25) is 0 Å². The van der Waals surface area contributed by atoms with Crippen molar-refractivity contribution in [3.05, 3.63) is 23.3 Å². The van der Waals surface area contributed by atoms with E-state index in [9.17, 15) is 4.79 Å². The third-order valence-electron chi connectivity index (χ3n) is 1.63. The minimum atomic E-state index is -1.06. The molecule has 2 aromatic rings. The van der Waals surface area contributed by atoms with Crippen molar-refractivity contribution in [2.24, 2.45) is 0 Å². The first-order valence-electron chi connectivity index (χ1n) is 4.09. The molecule has 0 bridgehead atoms. The first kappa shape index (κ1) is 10.8. The molecule has 0 aliphatic heterocycles. The zero-order chi connectivity index (χ0) is 11.5. The van der Waals surface area contributed by atoms with E-state index < -0.39 is 5.97 Å². The van der Waals surface area contributed by atoms with Crippen LogP contribution >= 0.6 is 23.1 Å². The second kappa shape index (κ2) is 4.45. The number of carboxylic acids is 1. The molecular weight excluding hydrogens is 248 g/mol. The van der Waals surface area contributed by atoms with Crippen molar-refractivity contribution in [3.63, 3.8) is 0 Å². The quantitative estimate of drug-likeness (QED) is 0.852. The van der Waals surface area contributed by atoms with E-state index in [0.29, 0.717) is 15.1 Å². The average Bonchev–Trinajstić information content (AvgIpc) is 2.73. The standard InChI is InChI=1S/C8H6N4O2S2/c9-4-1-5(7(13)14)6(10-2-4)16-8-12-11-3-15-8/h1-3H,9H2,(H,13,14). The summed E-state index contributed by atoms with van der Waals surface area (Å²) in [4.78, 5) is 14.9. The first-order chi connectivity index (χ1) is 7.66. The Morgan fingerprint density at radius 3 is 3.00 bits per heavy atom. The highest BCUT2D eigenvalue weighted by molar-refractivity contribution is 8.01. The summed E-state index contributed by atoms with van der Waals surface area (Å²) in [5.41, 5.74) is 7.44. The third-order valence-corrected chi connectivity index (χ3v) is 3.42. The highest BCUT2D eigenvalue weighted by Crippen LogP contribution is 2.30. The number of aromatic carboxylic acids is 1. The van der Waals surface area contributed by atoms with Crippen LogP contribution in [0.25, 0.3) is 0 Å². The van der Waals surface area contributed by atoms with Crippen molar-refractivity contribution in [2.45, 2.75) is 9.37 Å². The number of hydrogen-bond donors (Lipinski definition) is 2. The van der Waals surface area contributed by atoms with Gasteiger partial charge < -0.3 is 10.8 Å². The van der Waals surface area contributed by atoms with E-state index in [0.717, 1.165) is 11.8 Å². The largest absolute Gasteiger partial charge is 0.478 e. The molecule has 16 heavy (non-hydrogen) atoms. The summed E-state index contributed by atoms with van der Waals surface area (Å²) in [6.45, 7) is 0. The van der Waals surface area contributed by atoms with Gasteiger partial charge in [-0.2, -0.15) is 0 Å². The van der Waals surface area contributed by atoms with Gasteiger partial charge in [-0.25, -0.2) is 9.78 Å². The fraction of sp³-hybridized carbons (Fsp3) is 0. The lowest BCUT2D eigenvalue weighted by Crippen LogP contribution is -2.02.